The van der Waals surface area contributed by atoms with Crippen LogP contribution in [-0.4, -0.2) is 16.8 Å². The molecule has 0 radical (unpaired) electrons. The van der Waals surface area contributed by atoms with Gasteiger partial charge in [0.2, 0.25) is 0 Å². The van der Waals surface area contributed by atoms with Gasteiger partial charge in [0.1, 0.15) is 5.75 Å². The molecule has 0 heterocycles. The third-order valence-corrected chi connectivity index (χ3v) is 4.06. The molecule has 2 aliphatic carbocycles. The van der Waals surface area contributed by atoms with E-state index < -0.39 is 0 Å². The average molecular weight is 204 g/mol. The molecule has 0 bridgehead atoms. The van der Waals surface area contributed by atoms with Crippen LogP contribution in [0, 0.1) is 11.8 Å². The number of benzene rings is 1. The first-order valence-electron chi connectivity index (χ1n) is 5.68. The van der Waals surface area contributed by atoms with Gasteiger partial charge < -0.3 is 10.2 Å². The maximum absolute atomic E-state index is 9.50. The fourth-order valence-corrected chi connectivity index (χ4v) is 3.06. The van der Waals surface area contributed by atoms with Crippen LogP contribution in [0.15, 0.2) is 24.3 Å². The summed E-state index contributed by atoms with van der Waals surface area (Å²) in [4.78, 5) is 0. The Morgan fingerprint density at radius 2 is 2.13 bits per heavy atom. The van der Waals surface area contributed by atoms with Crippen LogP contribution < -0.4 is 0 Å². The Balaban J connectivity index is 1.97. The molecule has 2 saturated carbocycles. The minimum absolute atomic E-state index is 0.202. The lowest BCUT2D eigenvalue weighted by molar-refractivity contribution is 0.259. The average Bonchev–Trinajstić information content (AvgIpc) is 3.11. The second-order valence-corrected chi connectivity index (χ2v) is 4.95. The van der Waals surface area contributed by atoms with Crippen molar-refractivity contribution in [1.82, 2.24) is 0 Å². The predicted molar refractivity (Wildman–Crippen MR) is 57.7 cm³/mol. The number of phenolic OH excluding ortho intramolecular Hbond substituents is 1. The number of aliphatic hydroxyl groups is 1. The molecule has 0 amide bonds. The number of rotatable bonds is 3. The van der Waals surface area contributed by atoms with Crippen molar-refractivity contribution in [2.45, 2.75) is 24.7 Å². The molecule has 15 heavy (non-hydrogen) atoms. The lowest BCUT2D eigenvalue weighted by atomic mass is 9.88. The van der Waals surface area contributed by atoms with Gasteiger partial charge in [-0.05, 0) is 48.8 Å². The van der Waals surface area contributed by atoms with E-state index in [1.54, 1.807) is 6.07 Å². The van der Waals surface area contributed by atoms with Gasteiger partial charge in [0.25, 0.3) is 0 Å². The van der Waals surface area contributed by atoms with Crippen LogP contribution in [0.3, 0.4) is 0 Å². The highest BCUT2D eigenvalue weighted by molar-refractivity contribution is 5.40. The molecule has 2 heteroatoms. The molecule has 2 fully saturated rings. The highest BCUT2D eigenvalue weighted by atomic mass is 16.3. The van der Waals surface area contributed by atoms with Crippen molar-refractivity contribution >= 4 is 0 Å². The van der Waals surface area contributed by atoms with Gasteiger partial charge in [-0.1, -0.05) is 12.1 Å². The molecular formula is C13H16O2. The Kier molecular flexibility index (Phi) is 1.84. The van der Waals surface area contributed by atoms with E-state index in [9.17, 15) is 10.2 Å². The SMILES string of the molecule is OCC1CC1(c1cccc(O)c1)C1CC1. The highest BCUT2D eigenvalue weighted by Crippen LogP contribution is 2.66. The van der Waals surface area contributed by atoms with Crippen molar-refractivity contribution in [1.29, 1.82) is 0 Å². The first-order valence-corrected chi connectivity index (χ1v) is 5.68. The minimum Gasteiger partial charge on any atom is -0.508 e. The van der Waals surface area contributed by atoms with Crippen molar-refractivity contribution in [2.24, 2.45) is 11.8 Å². The second-order valence-electron chi connectivity index (χ2n) is 4.95. The summed E-state index contributed by atoms with van der Waals surface area (Å²) in [6.07, 6.45) is 3.66. The van der Waals surface area contributed by atoms with Crippen molar-refractivity contribution in [3.8, 4) is 5.75 Å². The minimum atomic E-state index is 0.202. The molecule has 2 N–H and O–H groups in total. The Morgan fingerprint density at radius 1 is 1.33 bits per heavy atom. The van der Waals surface area contributed by atoms with Crippen LogP contribution >= 0.6 is 0 Å². The molecule has 2 nitrogen and oxygen atoms in total. The molecule has 0 saturated heterocycles. The summed E-state index contributed by atoms with van der Waals surface area (Å²) in [5.74, 6) is 1.51. The maximum Gasteiger partial charge on any atom is 0.115 e. The normalized spacial score (nSPS) is 34.1. The van der Waals surface area contributed by atoms with Crippen LogP contribution in [0.4, 0.5) is 0 Å². The summed E-state index contributed by atoms with van der Waals surface area (Å²) in [6.45, 7) is 0.284. The van der Waals surface area contributed by atoms with Gasteiger partial charge in [-0.3, -0.25) is 0 Å². The number of aromatic hydroxyl groups is 1. The standard InChI is InChI=1S/C13H16O2/c14-8-11-7-13(11,9-4-5-9)10-2-1-3-12(15)6-10/h1-3,6,9,11,14-15H,4-5,7-8H2. The molecule has 80 valence electrons. The third kappa shape index (κ3) is 1.28. The molecular weight excluding hydrogens is 188 g/mol. The van der Waals surface area contributed by atoms with Gasteiger partial charge in [-0.25, -0.2) is 0 Å². The molecule has 1 aromatic carbocycles. The lowest BCUT2D eigenvalue weighted by Crippen LogP contribution is -2.14. The van der Waals surface area contributed by atoms with E-state index in [1.165, 1.54) is 18.4 Å². The Bertz CT molecular complexity index is 384. The zero-order valence-corrected chi connectivity index (χ0v) is 8.69. The fourth-order valence-electron chi connectivity index (χ4n) is 3.06. The van der Waals surface area contributed by atoms with Crippen molar-refractivity contribution in [3.05, 3.63) is 29.8 Å². The van der Waals surface area contributed by atoms with E-state index in [1.807, 2.05) is 12.1 Å². The maximum atomic E-state index is 9.50. The molecule has 0 aromatic heterocycles. The van der Waals surface area contributed by atoms with Crippen molar-refractivity contribution < 1.29 is 10.2 Å². The van der Waals surface area contributed by atoms with Crippen molar-refractivity contribution in [3.63, 3.8) is 0 Å². The summed E-state index contributed by atoms with van der Waals surface area (Å²) >= 11 is 0. The van der Waals surface area contributed by atoms with Crippen LogP contribution in [0.2, 0.25) is 0 Å². The first-order chi connectivity index (χ1) is 7.27. The summed E-state index contributed by atoms with van der Waals surface area (Å²) in [6, 6.07) is 7.57. The van der Waals surface area contributed by atoms with Gasteiger partial charge in [0, 0.05) is 12.0 Å². The number of hydrogen-bond acceptors (Lipinski definition) is 2. The zero-order valence-electron chi connectivity index (χ0n) is 8.69. The quantitative estimate of drug-likeness (QED) is 0.791. The Hall–Kier alpha value is -1.02. The molecule has 2 unspecified atom stereocenters. The zero-order chi connectivity index (χ0) is 10.5. The Morgan fingerprint density at radius 3 is 2.67 bits per heavy atom. The predicted octanol–water partition coefficient (Wildman–Crippen LogP) is 2.05. The van der Waals surface area contributed by atoms with Crippen molar-refractivity contribution in [2.75, 3.05) is 6.61 Å². The van der Waals surface area contributed by atoms with Gasteiger partial charge in [-0.15, -0.1) is 0 Å². The van der Waals surface area contributed by atoms with E-state index in [0.29, 0.717) is 11.7 Å². The van der Waals surface area contributed by atoms with Gasteiger partial charge in [0.15, 0.2) is 0 Å². The van der Waals surface area contributed by atoms with Crippen LogP contribution in [-0.2, 0) is 5.41 Å². The summed E-state index contributed by atoms with van der Waals surface area (Å²) in [5, 5.41) is 18.8. The van der Waals surface area contributed by atoms with E-state index in [-0.39, 0.29) is 12.0 Å². The molecule has 0 aliphatic heterocycles. The Labute approximate surface area is 89.6 Å². The summed E-state index contributed by atoms with van der Waals surface area (Å²) < 4.78 is 0. The third-order valence-electron chi connectivity index (χ3n) is 4.06. The molecule has 2 atom stereocenters. The number of phenols is 1. The van der Waals surface area contributed by atoms with Crippen LogP contribution in [0.1, 0.15) is 24.8 Å². The smallest absolute Gasteiger partial charge is 0.115 e. The highest BCUT2D eigenvalue weighted by Gasteiger charge is 2.62. The van der Waals surface area contributed by atoms with E-state index in [0.717, 1.165) is 12.3 Å². The topological polar surface area (TPSA) is 40.5 Å². The van der Waals surface area contributed by atoms with Crippen LogP contribution in [0.5, 0.6) is 5.75 Å². The van der Waals surface area contributed by atoms with E-state index in [2.05, 4.69) is 6.07 Å². The molecule has 1 aromatic rings. The molecule has 3 rings (SSSR count). The van der Waals surface area contributed by atoms with Gasteiger partial charge >= 0.3 is 0 Å². The largest absolute Gasteiger partial charge is 0.508 e. The van der Waals surface area contributed by atoms with E-state index >= 15 is 0 Å². The molecule has 2 aliphatic rings. The van der Waals surface area contributed by atoms with E-state index in [4.69, 9.17) is 0 Å². The number of hydrogen-bond donors (Lipinski definition) is 2. The monoisotopic (exact) mass is 204 g/mol. The van der Waals surface area contributed by atoms with Crippen LogP contribution in [0.25, 0.3) is 0 Å². The first kappa shape index (κ1) is 9.22. The second kappa shape index (κ2) is 2.99. The van der Waals surface area contributed by atoms with Gasteiger partial charge in [0.05, 0.1) is 0 Å². The van der Waals surface area contributed by atoms with Gasteiger partial charge in [-0.2, -0.15) is 0 Å². The lowest BCUT2D eigenvalue weighted by Gasteiger charge is -2.17. The number of aliphatic hydroxyl groups excluding tert-OH is 1. The molecule has 0 spiro atoms. The summed E-state index contributed by atoms with van der Waals surface area (Å²) in [5.41, 5.74) is 1.43. The fraction of sp³-hybridized carbons (Fsp3) is 0.538. The summed E-state index contributed by atoms with van der Waals surface area (Å²) in [7, 11) is 0.